The van der Waals surface area contributed by atoms with Gasteiger partial charge in [-0.25, -0.2) is 0 Å². The number of ether oxygens (including phenoxy) is 2. The quantitative estimate of drug-likeness (QED) is 0.875. The molecule has 0 unspecified atom stereocenters. The molecule has 0 bridgehead atoms. The first-order valence-electron chi connectivity index (χ1n) is 7.41. The van der Waals surface area contributed by atoms with E-state index in [4.69, 9.17) is 21.1 Å². The summed E-state index contributed by atoms with van der Waals surface area (Å²) >= 11 is 5.83. The summed E-state index contributed by atoms with van der Waals surface area (Å²) in [5.74, 6) is 0. The Hall–Kier alpha value is -0.650. The van der Waals surface area contributed by atoms with Gasteiger partial charge < -0.3 is 14.6 Å². The van der Waals surface area contributed by atoms with Crippen LogP contribution in [-0.4, -0.2) is 54.6 Å². The van der Waals surface area contributed by atoms with Gasteiger partial charge >= 0.3 is 0 Å². The van der Waals surface area contributed by atoms with Crippen LogP contribution in [-0.2, 0) is 16.1 Å². The average Bonchev–Trinajstić information content (AvgIpc) is 2.39. The Balaban J connectivity index is 1.67. The second kappa shape index (κ2) is 8.11. The van der Waals surface area contributed by atoms with Crippen LogP contribution in [0.4, 0.5) is 0 Å². The lowest BCUT2D eigenvalue weighted by Crippen LogP contribution is -2.48. The maximum atomic E-state index is 10.1. The SMILES string of the molecule is C[C@@H]1CN(C[C@H](O)COCc2ccc(Cl)cc2)C[C@@H](C)O1. The maximum Gasteiger partial charge on any atom is 0.0900 e. The molecule has 0 radical (unpaired) electrons. The number of β-amino-alcohol motifs (C(OH)–C–C–N with tert-alkyl or cyclic N) is 1. The van der Waals surface area contributed by atoms with Crippen LogP contribution in [0.5, 0.6) is 0 Å². The van der Waals surface area contributed by atoms with Gasteiger partial charge in [-0.2, -0.15) is 0 Å². The summed E-state index contributed by atoms with van der Waals surface area (Å²) in [5, 5.41) is 10.8. The van der Waals surface area contributed by atoms with E-state index in [9.17, 15) is 5.11 Å². The molecule has 4 nitrogen and oxygen atoms in total. The molecule has 1 fully saturated rings. The molecule has 3 atom stereocenters. The lowest BCUT2D eigenvalue weighted by atomic mass is 10.2. The van der Waals surface area contributed by atoms with Gasteiger partial charge in [0.1, 0.15) is 0 Å². The zero-order valence-electron chi connectivity index (χ0n) is 12.7. The van der Waals surface area contributed by atoms with E-state index < -0.39 is 6.10 Å². The lowest BCUT2D eigenvalue weighted by molar-refractivity contribution is -0.0826. The summed E-state index contributed by atoms with van der Waals surface area (Å²) in [6, 6.07) is 7.54. The molecule has 118 valence electrons. The van der Waals surface area contributed by atoms with Crippen LogP contribution in [0, 0.1) is 0 Å². The number of aliphatic hydroxyl groups is 1. The van der Waals surface area contributed by atoms with Gasteiger partial charge in [-0.05, 0) is 31.5 Å². The Kier molecular flexibility index (Phi) is 6.45. The van der Waals surface area contributed by atoms with Crippen LogP contribution in [0.1, 0.15) is 19.4 Å². The van der Waals surface area contributed by atoms with Crippen molar-refractivity contribution in [3.8, 4) is 0 Å². The van der Waals surface area contributed by atoms with E-state index in [1.165, 1.54) is 0 Å². The van der Waals surface area contributed by atoms with Gasteiger partial charge in [-0.1, -0.05) is 23.7 Å². The predicted octanol–water partition coefficient (Wildman–Crippen LogP) is 2.33. The fraction of sp³-hybridized carbons (Fsp3) is 0.625. The molecule has 0 aliphatic carbocycles. The molecule has 0 aromatic heterocycles. The third-order valence-electron chi connectivity index (χ3n) is 3.46. The largest absolute Gasteiger partial charge is 0.389 e. The molecule has 1 aromatic rings. The fourth-order valence-electron chi connectivity index (χ4n) is 2.68. The summed E-state index contributed by atoms with van der Waals surface area (Å²) in [5.41, 5.74) is 1.06. The van der Waals surface area contributed by atoms with E-state index in [1.54, 1.807) is 0 Å². The molecule has 1 heterocycles. The van der Waals surface area contributed by atoms with Crippen molar-refractivity contribution in [3.05, 3.63) is 34.9 Å². The highest BCUT2D eigenvalue weighted by molar-refractivity contribution is 6.30. The number of rotatable bonds is 6. The van der Waals surface area contributed by atoms with E-state index in [0.717, 1.165) is 18.7 Å². The smallest absolute Gasteiger partial charge is 0.0900 e. The monoisotopic (exact) mass is 313 g/mol. The van der Waals surface area contributed by atoms with Crippen molar-refractivity contribution < 1.29 is 14.6 Å². The summed E-state index contributed by atoms with van der Waals surface area (Å²) < 4.78 is 11.2. The molecule has 0 amide bonds. The predicted molar refractivity (Wildman–Crippen MR) is 83.6 cm³/mol. The minimum absolute atomic E-state index is 0.218. The first kappa shape index (κ1) is 16.7. The van der Waals surface area contributed by atoms with Crippen molar-refractivity contribution in [1.82, 2.24) is 4.90 Å². The number of hydrogen-bond donors (Lipinski definition) is 1. The van der Waals surface area contributed by atoms with Gasteiger partial charge in [-0.3, -0.25) is 4.90 Å². The summed E-state index contributed by atoms with van der Waals surface area (Å²) in [7, 11) is 0. The van der Waals surface area contributed by atoms with E-state index >= 15 is 0 Å². The second-order valence-electron chi connectivity index (χ2n) is 5.77. The Morgan fingerprint density at radius 3 is 2.52 bits per heavy atom. The van der Waals surface area contributed by atoms with Gasteiger partial charge in [0.05, 0.1) is 31.5 Å². The van der Waals surface area contributed by atoms with E-state index in [-0.39, 0.29) is 12.2 Å². The third kappa shape index (κ3) is 5.93. The average molecular weight is 314 g/mol. The van der Waals surface area contributed by atoms with Gasteiger partial charge in [0.2, 0.25) is 0 Å². The van der Waals surface area contributed by atoms with Crippen LogP contribution < -0.4 is 0 Å². The van der Waals surface area contributed by atoms with Crippen LogP contribution >= 0.6 is 11.6 Å². The highest BCUT2D eigenvalue weighted by atomic mass is 35.5. The van der Waals surface area contributed by atoms with Crippen molar-refractivity contribution in [2.45, 2.75) is 38.8 Å². The molecule has 1 saturated heterocycles. The van der Waals surface area contributed by atoms with Crippen LogP contribution in [0.25, 0.3) is 0 Å². The molecule has 1 aromatic carbocycles. The summed E-state index contributed by atoms with van der Waals surface area (Å²) in [6.07, 6.45) is -0.0401. The minimum Gasteiger partial charge on any atom is -0.389 e. The van der Waals surface area contributed by atoms with E-state index in [0.29, 0.717) is 24.8 Å². The fourth-order valence-corrected chi connectivity index (χ4v) is 2.80. The van der Waals surface area contributed by atoms with Crippen molar-refractivity contribution in [1.29, 1.82) is 0 Å². The van der Waals surface area contributed by atoms with E-state index in [2.05, 4.69) is 18.7 Å². The molecule has 2 rings (SSSR count). The van der Waals surface area contributed by atoms with Gasteiger partial charge in [0.25, 0.3) is 0 Å². The second-order valence-corrected chi connectivity index (χ2v) is 6.21. The molecule has 1 N–H and O–H groups in total. The van der Waals surface area contributed by atoms with Gasteiger partial charge in [-0.15, -0.1) is 0 Å². The van der Waals surface area contributed by atoms with Crippen LogP contribution in [0.15, 0.2) is 24.3 Å². The standard InChI is InChI=1S/C16H24ClNO3/c1-12-7-18(8-13(2)21-12)9-16(19)11-20-10-14-3-5-15(17)6-4-14/h3-6,12-13,16,19H,7-11H2,1-2H3/t12-,13-,16+/m1/s1. The van der Waals surface area contributed by atoms with Crippen molar-refractivity contribution in [2.24, 2.45) is 0 Å². The zero-order chi connectivity index (χ0) is 15.2. The number of benzene rings is 1. The number of morpholine rings is 1. The first-order valence-corrected chi connectivity index (χ1v) is 7.79. The van der Waals surface area contributed by atoms with E-state index in [1.807, 2.05) is 24.3 Å². The van der Waals surface area contributed by atoms with Gasteiger partial charge in [0, 0.05) is 24.7 Å². The number of hydrogen-bond acceptors (Lipinski definition) is 4. The number of halogens is 1. The topological polar surface area (TPSA) is 41.9 Å². The molecule has 21 heavy (non-hydrogen) atoms. The molecule has 0 spiro atoms. The number of aliphatic hydroxyl groups excluding tert-OH is 1. The maximum absolute atomic E-state index is 10.1. The van der Waals surface area contributed by atoms with Crippen molar-refractivity contribution in [2.75, 3.05) is 26.2 Å². The zero-order valence-corrected chi connectivity index (χ0v) is 13.4. The Morgan fingerprint density at radius 2 is 1.90 bits per heavy atom. The first-order chi connectivity index (χ1) is 10.0. The molecule has 1 aliphatic heterocycles. The van der Waals surface area contributed by atoms with Crippen molar-refractivity contribution in [3.63, 3.8) is 0 Å². The highest BCUT2D eigenvalue weighted by Crippen LogP contribution is 2.12. The summed E-state index contributed by atoms with van der Waals surface area (Å²) in [4.78, 5) is 2.23. The third-order valence-corrected chi connectivity index (χ3v) is 3.71. The Labute approximate surface area is 131 Å². The molecular formula is C16H24ClNO3. The Bertz CT molecular complexity index is 416. The normalized spacial score (nSPS) is 25.0. The summed E-state index contributed by atoms with van der Waals surface area (Å²) in [6.45, 7) is 7.29. The highest BCUT2D eigenvalue weighted by Gasteiger charge is 2.23. The number of nitrogens with zero attached hydrogens (tertiary/aromatic N) is 1. The lowest BCUT2D eigenvalue weighted by Gasteiger charge is -2.36. The molecule has 1 aliphatic rings. The Morgan fingerprint density at radius 1 is 1.29 bits per heavy atom. The minimum atomic E-state index is -0.477. The van der Waals surface area contributed by atoms with Gasteiger partial charge in [0.15, 0.2) is 0 Å². The molecule has 0 saturated carbocycles. The van der Waals surface area contributed by atoms with Crippen LogP contribution in [0.2, 0.25) is 5.02 Å². The van der Waals surface area contributed by atoms with Crippen LogP contribution in [0.3, 0.4) is 0 Å². The van der Waals surface area contributed by atoms with Crippen molar-refractivity contribution >= 4 is 11.6 Å². The molecule has 5 heteroatoms. The molecular weight excluding hydrogens is 290 g/mol.